The molecule has 0 saturated heterocycles. The van der Waals surface area contributed by atoms with Crippen LogP contribution in [0.25, 0.3) is 0 Å². The molecule has 0 N–H and O–H groups in total. The summed E-state index contributed by atoms with van der Waals surface area (Å²) >= 11 is 0. The number of carbonyl (C=O) groups is 1. The monoisotopic (exact) mass is 390 g/mol. The molecule has 0 aliphatic carbocycles. The molecular weight excluding hydrogens is 364 g/mol. The van der Waals surface area contributed by atoms with Crippen LogP contribution in [-0.2, 0) is 18.0 Å². The Kier molecular flexibility index (Phi) is 6.90. The third-order valence-electron chi connectivity index (χ3n) is 4.70. The van der Waals surface area contributed by atoms with Gasteiger partial charge in [0, 0.05) is 6.07 Å². The largest absolute Gasteiger partial charge is 0.489 e. The zero-order chi connectivity index (χ0) is 20.6. The van der Waals surface area contributed by atoms with Crippen molar-refractivity contribution in [2.75, 3.05) is 6.61 Å². The minimum atomic E-state index is -0.394. The molecule has 0 atom stereocenters. The zero-order valence-electron chi connectivity index (χ0n) is 17.1. The molecule has 4 heteroatoms. The molecule has 0 radical (unpaired) electrons. The summed E-state index contributed by atoms with van der Waals surface area (Å²) in [6, 6.07) is 21.3. The Morgan fingerprint density at radius 3 is 1.69 bits per heavy atom. The number of hydrogen-bond acceptors (Lipinski definition) is 4. The molecule has 0 unspecified atom stereocenters. The zero-order valence-corrected chi connectivity index (χ0v) is 17.1. The number of benzene rings is 3. The Morgan fingerprint density at radius 1 is 0.759 bits per heavy atom. The van der Waals surface area contributed by atoms with E-state index < -0.39 is 5.97 Å². The van der Waals surface area contributed by atoms with Crippen molar-refractivity contribution in [3.8, 4) is 11.5 Å². The highest BCUT2D eigenvalue weighted by Gasteiger charge is 2.12. The Labute approximate surface area is 172 Å². The van der Waals surface area contributed by atoms with E-state index in [-0.39, 0.29) is 0 Å². The van der Waals surface area contributed by atoms with E-state index in [1.54, 1.807) is 25.1 Å². The molecule has 3 aromatic rings. The van der Waals surface area contributed by atoms with E-state index in [9.17, 15) is 4.79 Å². The third-order valence-corrected chi connectivity index (χ3v) is 4.70. The van der Waals surface area contributed by atoms with Crippen molar-refractivity contribution in [3.63, 3.8) is 0 Å². The van der Waals surface area contributed by atoms with E-state index in [1.165, 1.54) is 0 Å². The lowest BCUT2D eigenvalue weighted by atomic mass is 10.1. The third kappa shape index (κ3) is 5.61. The Morgan fingerprint density at radius 2 is 1.24 bits per heavy atom. The van der Waals surface area contributed by atoms with Gasteiger partial charge in [-0.2, -0.15) is 0 Å². The smallest absolute Gasteiger partial charge is 0.338 e. The van der Waals surface area contributed by atoms with Crippen LogP contribution in [0.3, 0.4) is 0 Å². The van der Waals surface area contributed by atoms with Gasteiger partial charge >= 0.3 is 5.97 Å². The number of hydrogen-bond donors (Lipinski definition) is 0. The van der Waals surface area contributed by atoms with Gasteiger partial charge in [0.1, 0.15) is 24.7 Å². The lowest BCUT2D eigenvalue weighted by Crippen LogP contribution is -2.07. The maximum atomic E-state index is 12.3. The van der Waals surface area contributed by atoms with E-state index in [0.717, 1.165) is 22.3 Å². The number of esters is 1. The average molecular weight is 390 g/mol. The molecule has 4 nitrogen and oxygen atoms in total. The van der Waals surface area contributed by atoms with E-state index in [0.29, 0.717) is 36.9 Å². The SMILES string of the molecule is CCOC(=O)c1cc(OCc2ccccc2C)cc(OCc2ccccc2C)c1. The van der Waals surface area contributed by atoms with Crippen LogP contribution in [0.4, 0.5) is 0 Å². The molecule has 0 aromatic heterocycles. The molecule has 3 aromatic carbocycles. The predicted molar refractivity (Wildman–Crippen MR) is 113 cm³/mol. The van der Waals surface area contributed by atoms with Crippen LogP contribution >= 0.6 is 0 Å². The van der Waals surface area contributed by atoms with Crippen LogP contribution in [-0.4, -0.2) is 12.6 Å². The molecule has 3 rings (SSSR count). The minimum absolute atomic E-state index is 0.312. The molecule has 0 aliphatic heterocycles. The number of rotatable bonds is 8. The highest BCUT2D eigenvalue weighted by atomic mass is 16.5. The maximum Gasteiger partial charge on any atom is 0.338 e. The first kappa shape index (κ1) is 20.5. The highest BCUT2D eigenvalue weighted by Crippen LogP contribution is 2.26. The first-order valence-corrected chi connectivity index (χ1v) is 9.73. The van der Waals surface area contributed by atoms with Gasteiger partial charge in [-0.05, 0) is 55.2 Å². The molecule has 150 valence electrons. The highest BCUT2D eigenvalue weighted by molar-refractivity contribution is 5.90. The second-order valence-electron chi connectivity index (χ2n) is 6.84. The predicted octanol–water partition coefficient (Wildman–Crippen LogP) is 5.64. The van der Waals surface area contributed by atoms with Crippen molar-refractivity contribution >= 4 is 5.97 Å². The minimum Gasteiger partial charge on any atom is -0.489 e. The summed E-state index contributed by atoms with van der Waals surface area (Å²) in [5.41, 5.74) is 4.91. The van der Waals surface area contributed by atoms with Crippen LogP contribution in [0.2, 0.25) is 0 Å². The molecule has 0 amide bonds. The van der Waals surface area contributed by atoms with Gasteiger partial charge in [-0.3, -0.25) is 0 Å². The lowest BCUT2D eigenvalue weighted by Gasteiger charge is -2.14. The van der Waals surface area contributed by atoms with Gasteiger partial charge in [-0.1, -0.05) is 48.5 Å². The topological polar surface area (TPSA) is 44.8 Å². The van der Waals surface area contributed by atoms with E-state index in [2.05, 4.69) is 0 Å². The van der Waals surface area contributed by atoms with Crippen LogP contribution in [0.5, 0.6) is 11.5 Å². The van der Waals surface area contributed by atoms with E-state index in [1.807, 2.05) is 62.4 Å². The van der Waals surface area contributed by atoms with Gasteiger partial charge < -0.3 is 14.2 Å². The first-order valence-electron chi connectivity index (χ1n) is 9.73. The van der Waals surface area contributed by atoms with E-state index >= 15 is 0 Å². The summed E-state index contributed by atoms with van der Waals surface area (Å²) in [5, 5.41) is 0. The van der Waals surface area contributed by atoms with Gasteiger partial charge in [0.05, 0.1) is 12.2 Å². The molecule has 29 heavy (non-hydrogen) atoms. The van der Waals surface area contributed by atoms with Crippen molar-refractivity contribution in [2.45, 2.75) is 34.0 Å². The first-order chi connectivity index (χ1) is 14.1. The Bertz CT molecular complexity index is 910. The quantitative estimate of drug-likeness (QED) is 0.467. The summed E-state index contributed by atoms with van der Waals surface area (Å²) in [7, 11) is 0. The number of carbonyl (C=O) groups excluding carboxylic acids is 1. The van der Waals surface area contributed by atoms with Gasteiger partial charge in [-0.25, -0.2) is 4.79 Å². The van der Waals surface area contributed by atoms with Gasteiger partial charge in [0.25, 0.3) is 0 Å². The maximum absolute atomic E-state index is 12.3. The van der Waals surface area contributed by atoms with E-state index in [4.69, 9.17) is 14.2 Å². The molecule has 0 fully saturated rings. The molecular formula is C25H26O4. The summed E-state index contributed by atoms with van der Waals surface area (Å²) in [5.74, 6) is 0.742. The number of ether oxygens (including phenoxy) is 3. The van der Waals surface area contributed by atoms with Gasteiger partial charge in [0.2, 0.25) is 0 Å². The van der Waals surface area contributed by atoms with Crippen LogP contribution in [0.15, 0.2) is 66.7 Å². The number of aryl methyl sites for hydroxylation is 2. The van der Waals surface area contributed by atoms with Crippen LogP contribution in [0.1, 0.15) is 39.5 Å². The molecule has 0 aliphatic rings. The van der Waals surface area contributed by atoms with Gasteiger partial charge in [-0.15, -0.1) is 0 Å². The van der Waals surface area contributed by atoms with Crippen LogP contribution < -0.4 is 9.47 Å². The summed E-state index contributed by atoms with van der Waals surface area (Å²) in [4.78, 5) is 12.3. The van der Waals surface area contributed by atoms with Gasteiger partial charge in [0.15, 0.2) is 0 Å². The summed E-state index contributed by atoms with van der Waals surface area (Å²) in [6.45, 7) is 7.01. The summed E-state index contributed by atoms with van der Waals surface area (Å²) < 4.78 is 17.1. The van der Waals surface area contributed by atoms with Crippen molar-refractivity contribution in [1.82, 2.24) is 0 Å². The normalized spacial score (nSPS) is 10.4. The lowest BCUT2D eigenvalue weighted by molar-refractivity contribution is 0.0525. The van der Waals surface area contributed by atoms with Crippen molar-refractivity contribution in [1.29, 1.82) is 0 Å². The van der Waals surface area contributed by atoms with Crippen molar-refractivity contribution in [3.05, 3.63) is 94.5 Å². The second kappa shape index (κ2) is 9.78. The second-order valence-corrected chi connectivity index (χ2v) is 6.84. The fourth-order valence-electron chi connectivity index (χ4n) is 2.94. The standard InChI is InChI=1S/C25H26O4/c1-4-27-25(26)22-13-23(28-16-20-11-7-5-9-18(20)2)15-24(14-22)29-17-21-12-8-6-10-19(21)3/h5-15H,4,16-17H2,1-3H3. The molecule has 0 saturated carbocycles. The van der Waals surface area contributed by atoms with Crippen molar-refractivity contribution in [2.24, 2.45) is 0 Å². The molecule has 0 heterocycles. The Hall–Kier alpha value is -3.27. The Balaban J connectivity index is 1.80. The molecule has 0 bridgehead atoms. The van der Waals surface area contributed by atoms with Crippen LogP contribution in [0, 0.1) is 13.8 Å². The fraction of sp³-hybridized carbons (Fsp3) is 0.240. The molecule has 0 spiro atoms. The summed E-state index contributed by atoms with van der Waals surface area (Å²) in [6.07, 6.45) is 0. The van der Waals surface area contributed by atoms with Crippen molar-refractivity contribution < 1.29 is 19.0 Å². The fourth-order valence-corrected chi connectivity index (χ4v) is 2.94. The average Bonchev–Trinajstić information content (AvgIpc) is 2.73.